The van der Waals surface area contributed by atoms with E-state index in [0.29, 0.717) is 6.42 Å². The molecule has 0 spiro atoms. The molecule has 1 amide bonds. The van der Waals surface area contributed by atoms with Gasteiger partial charge in [-0.1, -0.05) is 18.2 Å². The Morgan fingerprint density at radius 1 is 1.11 bits per heavy atom. The Hall–Kier alpha value is -2.81. The number of carbonyl (C=O) groups is 1. The van der Waals surface area contributed by atoms with Crippen molar-refractivity contribution in [2.75, 3.05) is 26.4 Å². The molecule has 0 radical (unpaired) electrons. The number of hydrogen-bond acceptors (Lipinski definition) is 5. The van der Waals surface area contributed by atoms with Gasteiger partial charge in [-0.3, -0.25) is 9.78 Å². The second-order valence-corrected chi connectivity index (χ2v) is 6.02. The zero-order chi connectivity index (χ0) is 20.4. The number of amides is 1. The van der Waals surface area contributed by atoms with E-state index < -0.39 is 25.3 Å². The van der Waals surface area contributed by atoms with Gasteiger partial charge in [0.25, 0.3) is 5.91 Å². The van der Waals surface area contributed by atoms with E-state index in [0.717, 1.165) is 5.69 Å². The lowest BCUT2D eigenvalue weighted by Crippen LogP contribution is -2.35. The van der Waals surface area contributed by atoms with Gasteiger partial charge >= 0.3 is 6.18 Å². The monoisotopic (exact) mass is 398 g/mol. The van der Waals surface area contributed by atoms with Crippen LogP contribution < -0.4 is 14.8 Å². The molecule has 0 aliphatic rings. The number of aliphatic hydroxyl groups excluding tert-OH is 1. The molecule has 0 saturated carbocycles. The van der Waals surface area contributed by atoms with Crippen LogP contribution in [0.4, 0.5) is 13.2 Å². The van der Waals surface area contributed by atoms with Gasteiger partial charge in [-0.2, -0.15) is 13.2 Å². The van der Waals surface area contributed by atoms with E-state index >= 15 is 0 Å². The highest BCUT2D eigenvalue weighted by Gasteiger charge is 2.29. The quantitative estimate of drug-likeness (QED) is 0.642. The summed E-state index contributed by atoms with van der Waals surface area (Å²) >= 11 is 0. The topological polar surface area (TPSA) is 80.7 Å². The zero-order valence-electron chi connectivity index (χ0n) is 15.0. The SMILES string of the molecule is O=C(COc1ccccc1OCC(F)(F)F)NCC(CO)Cc1ccccn1. The Morgan fingerprint density at radius 2 is 1.79 bits per heavy atom. The van der Waals surface area contributed by atoms with Gasteiger partial charge in [-0.15, -0.1) is 0 Å². The average Bonchev–Trinajstić information content (AvgIpc) is 2.68. The van der Waals surface area contributed by atoms with E-state index in [9.17, 15) is 23.1 Å². The van der Waals surface area contributed by atoms with Crippen LogP contribution in [0.2, 0.25) is 0 Å². The molecule has 6 nitrogen and oxygen atoms in total. The highest BCUT2D eigenvalue weighted by molar-refractivity contribution is 5.77. The van der Waals surface area contributed by atoms with E-state index in [2.05, 4.69) is 10.3 Å². The fourth-order valence-corrected chi connectivity index (χ4v) is 2.32. The van der Waals surface area contributed by atoms with E-state index in [1.54, 1.807) is 18.3 Å². The van der Waals surface area contributed by atoms with Crippen molar-refractivity contribution in [3.63, 3.8) is 0 Å². The summed E-state index contributed by atoms with van der Waals surface area (Å²) in [4.78, 5) is 16.1. The van der Waals surface area contributed by atoms with Crippen LogP contribution in [0.5, 0.6) is 11.5 Å². The number of para-hydroxylation sites is 2. The van der Waals surface area contributed by atoms with Crippen LogP contribution in [0.25, 0.3) is 0 Å². The molecule has 9 heteroatoms. The van der Waals surface area contributed by atoms with Crippen molar-refractivity contribution in [2.24, 2.45) is 5.92 Å². The molecular weight excluding hydrogens is 377 g/mol. The third-order valence-corrected chi connectivity index (χ3v) is 3.67. The minimum Gasteiger partial charge on any atom is -0.480 e. The van der Waals surface area contributed by atoms with Gasteiger partial charge in [0.05, 0.1) is 0 Å². The summed E-state index contributed by atoms with van der Waals surface area (Å²) in [5.41, 5.74) is 0.794. The second kappa shape index (κ2) is 10.5. The number of hydrogen-bond donors (Lipinski definition) is 2. The van der Waals surface area contributed by atoms with Crippen molar-refractivity contribution in [1.82, 2.24) is 10.3 Å². The normalized spacial score (nSPS) is 12.3. The van der Waals surface area contributed by atoms with Crippen molar-refractivity contribution in [3.8, 4) is 11.5 Å². The average molecular weight is 398 g/mol. The number of pyridine rings is 1. The highest BCUT2D eigenvalue weighted by atomic mass is 19.4. The van der Waals surface area contributed by atoms with Crippen molar-refractivity contribution >= 4 is 5.91 Å². The van der Waals surface area contributed by atoms with Gasteiger partial charge in [-0.05, 0) is 30.7 Å². The first-order chi connectivity index (χ1) is 13.4. The number of nitrogens with zero attached hydrogens (tertiary/aromatic N) is 1. The van der Waals surface area contributed by atoms with Crippen molar-refractivity contribution < 1.29 is 32.5 Å². The van der Waals surface area contributed by atoms with Gasteiger partial charge in [0.1, 0.15) is 0 Å². The van der Waals surface area contributed by atoms with Crippen LogP contribution >= 0.6 is 0 Å². The molecule has 1 heterocycles. The Labute approximate surface area is 160 Å². The Morgan fingerprint density at radius 3 is 2.39 bits per heavy atom. The van der Waals surface area contributed by atoms with Crippen LogP contribution in [-0.4, -0.2) is 48.5 Å². The molecule has 1 atom stereocenters. The van der Waals surface area contributed by atoms with Crippen LogP contribution in [-0.2, 0) is 11.2 Å². The maximum Gasteiger partial charge on any atom is 0.422 e. The van der Waals surface area contributed by atoms with Gasteiger partial charge in [0.2, 0.25) is 0 Å². The molecule has 2 rings (SSSR count). The van der Waals surface area contributed by atoms with E-state index in [4.69, 9.17) is 9.47 Å². The highest BCUT2D eigenvalue weighted by Crippen LogP contribution is 2.28. The van der Waals surface area contributed by atoms with Crippen molar-refractivity contribution in [1.29, 1.82) is 0 Å². The number of benzene rings is 1. The van der Waals surface area contributed by atoms with Gasteiger partial charge in [0, 0.05) is 31.0 Å². The van der Waals surface area contributed by atoms with Gasteiger partial charge < -0.3 is 19.9 Å². The number of carbonyl (C=O) groups excluding carboxylic acids is 1. The number of halogens is 3. The molecule has 1 aromatic heterocycles. The Bertz CT molecular complexity index is 741. The first-order valence-corrected chi connectivity index (χ1v) is 8.56. The molecule has 1 unspecified atom stereocenters. The third kappa shape index (κ3) is 7.83. The molecule has 2 N–H and O–H groups in total. The zero-order valence-corrected chi connectivity index (χ0v) is 15.0. The number of nitrogens with one attached hydrogen (secondary N) is 1. The first-order valence-electron chi connectivity index (χ1n) is 8.56. The third-order valence-electron chi connectivity index (χ3n) is 3.67. The standard InChI is InChI=1S/C19H21F3N2O4/c20-19(21,22)13-28-17-7-2-1-6-16(17)27-12-18(26)24-10-14(11-25)9-15-5-3-4-8-23-15/h1-8,14,25H,9-13H2,(H,24,26). The molecule has 0 fully saturated rings. The van der Waals surface area contributed by atoms with Crippen LogP contribution in [0, 0.1) is 5.92 Å². The number of aromatic nitrogens is 1. The second-order valence-electron chi connectivity index (χ2n) is 6.02. The molecule has 1 aromatic carbocycles. The van der Waals surface area contributed by atoms with Crippen LogP contribution in [0.3, 0.4) is 0 Å². The molecule has 152 valence electrons. The molecule has 28 heavy (non-hydrogen) atoms. The number of alkyl halides is 3. The number of rotatable bonds is 10. The summed E-state index contributed by atoms with van der Waals surface area (Å²) < 4.78 is 46.9. The fourth-order valence-electron chi connectivity index (χ4n) is 2.32. The largest absolute Gasteiger partial charge is 0.480 e. The smallest absolute Gasteiger partial charge is 0.422 e. The number of aliphatic hydroxyl groups is 1. The maximum atomic E-state index is 12.3. The minimum absolute atomic E-state index is 0.0362. The van der Waals surface area contributed by atoms with Gasteiger partial charge in [-0.25, -0.2) is 0 Å². The summed E-state index contributed by atoms with van der Waals surface area (Å²) in [7, 11) is 0. The molecule has 0 saturated heterocycles. The van der Waals surface area contributed by atoms with E-state index in [1.165, 1.54) is 18.2 Å². The summed E-state index contributed by atoms with van der Waals surface area (Å²) in [5, 5.41) is 12.1. The van der Waals surface area contributed by atoms with E-state index in [-0.39, 0.29) is 30.6 Å². The molecular formula is C19H21F3N2O4. The summed E-state index contributed by atoms with van der Waals surface area (Å²) in [6.07, 6.45) is -2.33. The van der Waals surface area contributed by atoms with Crippen molar-refractivity contribution in [2.45, 2.75) is 12.6 Å². The minimum atomic E-state index is -4.47. The number of ether oxygens (including phenoxy) is 2. The predicted molar refractivity (Wildman–Crippen MR) is 95.0 cm³/mol. The molecule has 0 aliphatic carbocycles. The van der Waals surface area contributed by atoms with Crippen LogP contribution in [0.15, 0.2) is 48.7 Å². The lowest BCUT2D eigenvalue weighted by molar-refractivity contribution is -0.153. The molecule has 0 aliphatic heterocycles. The molecule has 2 aromatic rings. The predicted octanol–water partition coefficient (Wildman–Crippen LogP) is 2.37. The maximum absolute atomic E-state index is 12.3. The van der Waals surface area contributed by atoms with E-state index in [1.807, 2.05) is 12.1 Å². The first kappa shape index (κ1) is 21.5. The van der Waals surface area contributed by atoms with Gasteiger partial charge in [0.15, 0.2) is 24.7 Å². The summed E-state index contributed by atoms with van der Waals surface area (Å²) in [6, 6.07) is 11.2. The Kier molecular flexibility index (Phi) is 8.06. The van der Waals surface area contributed by atoms with Crippen molar-refractivity contribution in [3.05, 3.63) is 54.4 Å². The Balaban J connectivity index is 1.80. The summed E-state index contributed by atoms with van der Waals surface area (Å²) in [5.74, 6) is -0.753. The van der Waals surface area contributed by atoms with Crippen LogP contribution in [0.1, 0.15) is 5.69 Å². The molecule has 0 bridgehead atoms. The lowest BCUT2D eigenvalue weighted by Gasteiger charge is -2.16. The summed E-state index contributed by atoms with van der Waals surface area (Å²) in [6.45, 7) is -1.77. The lowest BCUT2D eigenvalue weighted by atomic mass is 10.0. The fraction of sp³-hybridized carbons (Fsp3) is 0.368.